The number of fused-ring (bicyclic) bond motifs is 1. The van der Waals surface area contributed by atoms with Crippen LogP contribution in [0, 0.1) is 13.8 Å². The first-order valence-electron chi connectivity index (χ1n) is 14.6. The summed E-state index contributed by atoms with van der Waals surface area (Å²) >= 11 is 0. The molecule has 0 aliphatic carbocycles. The van der Waals surface area contributed by atoms with Crippen molar-refractivity contribution in [2.75, 3.05) is 20.2 Å². The molecule has 0 saturated carbocycles. The van der Waals surface area contributed by atoms with Crippen molar-refractivity contribution in [2.45, 2.75) is 77.4 Å². The molecule has 1 amide bonds. The molecule has 7 heteroatoms. The molecule has 218 valence electrons. The van der Waals surface area contributed by atoms with Gasteiger partial charge in [-0.15, -0.1) is 0 Å². The van der Waals surface area contributed by atoms with Gasteiger partial charge in [0.15, 0.2) is 6.10 Å². The minimum absolute atomic E-state index is 0.282. The molecule has 0 N–H and O–H groups in total. The SMILES string of the molecule is Cc1ccc(CCCCCO[C@@H](C(=O)N(C)CCCCCc2ccc3ccccc3c2)[C@H]2OC(=O)OC2=O)cc1C. The summed E-state index contributed by atoms with van der Waals surface area (Å²) in [6.45, 7) is 5.02. The lowest BCUT2D eigenvalue weighted by atomic mass is 10.0. The number of carbonyl (C=O) groups excluding carboxylic acids is 3. The van der Waals surface area contributed by atoms with E-state index in [1.54, 1.807) is 11.9 Å². The highest BCUT2D eigenvalue weighted by atomic mass is 16.8. The second-order valence-electron chi connectivity index (χ2n) is 11.0. The third kappa shape index (κ3) is 8.64. The van der Waals surface area contributed by atoms with Crippen molar-refractivity contribution in [3.05, 3.63) is 82.9 Å². The average molecular weight is 560 g/mol. The molecule has 4 rings (SSSR count). The van der Waals surface area contributed by atoms with Gasteiger partial charge in [0, 0.05) is 20.2 Å². The Balaban J connectivity index is 1.20. The van der Waals surface area contributed by atoms with Crippen molar-refractivity contribution < 1.29 is 28.6 Å². The Labute approximate surface area is 242 Å². The number of hydrogen-bond acceptors (Lipinski definition) is 6. The number of rotatable bonds is 15. The molecule has 0 unspecified atom stereocenters. The van der Waals surface area contributed by atoms with Crippen LogP contribution in [0.5, 0.6) is 0 Å². The van der Waals surface area contributed by atoms with Gasteiger partial charge >= 0.3 is 12.1 Å². The number of cyclic esters (lactones) is 3. The molecule has 41 heavy (non-hydrogen) atoms. The fourth-order valence-electron chi connectivity index (χ4n) is 5.14. The van der Waals surface area contributed by atoms with Crippen LogP contribution in [0.25, 0.3) is 10.8 Å². The molecule has 3 aromatic carbocycles. The number of nitrogens with zero attached hydrogens (tertiary/aromatic N) is 1. The summed E-state index contributed by atoms with van der Waals surface area (Å²) in [5.41, 5.74) is 5.19. The van der Waals surface area contributed by atoms with E-state index < -0.39 is 24.3 Å². The fourth-order valence-corrected chi connectivity index (χ4v) is 5.14. The molecule has 1 aliphatic heterocycles. The Hall–Kier alpha value is -3.71. The molecule has 1 fully saturated rings. The van der Waals surface area contributed by atoms with Gasteiger partial charge in [-0.3, -0.25) is 4.79 Å². The van der Waals surface area contributed by atoms with E-state index in [4.69, 9.17) is 9.47 Å². The van der Waals surface area contributed by atoms with Gasteiger partial charge in [0.1, 0.15) is 0 Å². The zero-order chi connectivity index (χ0) is 29.2. The van der Waals surface area contributed by atoms with E-state index in [1.807, 2.05) is 6.07 Å². The van der Waals surface area contributed by atoms with Crippen molar-refractivity contribution in [1.82, 2.24) is 4.90 Å². The smallest absolute Gasteiger partial charge is 0.415 e. The summed E-state index contributed by atoms with van der Waals surface area (Å²) in [5.74, 6) is -1.27. The van der Waals surface area contributed by atoms with Crippen LogP contribution < -0.4 is 0 Å². The minimum atomic E-state index is -1.37. The molecule has 0 radical (unpaired) electrons. The molecule has 0 bridgehead atoms. The quantitative estimate of drug-likeness (QED) is 0.120. The number of aryl methyl sites for hydroxylation is 4. The minimum Gasteiger partial charge on any atom is -0.415 e. The van der Waals surface area contributed by atoms with E-state index in [2.05, 4.69) is 73.2 Å². The first-order valence-corrected chi connectivity index (χ1v) is 14.6. The maximum Gasteiger partial charge on any atom is 0.517 e. The van der Waals surface area contributed by atoms with Crippen LogP contribution in [0.3, 0.4) is 0 Å². The van der Waals surface area contributed by atoms with Crippen LogP contribution in [-0.4, -0.2) is 55.3 Å². The first kappa shape index (κ1) is 30.3. The summed E-state index contributed by atoms with van der Waals surface area (Å²) in [7, 11) is 1.69. The van der Waals surface area contributed by atoms with Gasteiger partial charge in [-0.25, -0.2) is 9.59 Å². The van der Waals surface area contributed by atoms with E-state index in [9.17, 15) is 14.4 Å². The fraction of sp³-hybridized carbons (Fsp3) is 0.441. The van der Waals surface area contributed by atoms with Crippen molar-refractivity contribution in [2.24, 2.45) is 0 Å². The van der Waals surface area contributed by atoms with Gasteiger partial charge in [-0.1, -0.05) is 73.5 Å². The summed E-state index contributed by atoms with van der Waals surface area (Å²) < 4.78 is 15.4. The molecule has 3 aromatic rings. The Morgan fingerprint density at radius 3 is 2.22 bits per heavy atom. The maximum atomic E-state index is 13.3. The van der Waals surface area contributed by atoms with Crippen LogP contribution >= 0.6 is 0 Å². The highest BCUT2D eigenvalue weighted by molar-refractivity contribution is 5.96. The van der Waals surface area contributed by atoms with Gasteiger partial charge in [0.05, 0.1) is 0 Å². The summed E-state index contributed by atoms with van der Waals surface area (Å²) in [4.78, 5) is 38.6. The molecular weight excluding hydrogens is 518 g/mol. The van der Waals surface area contributed by atoms with E-state index in [0.717, 1.165) is 51.4 Å². The third-order valence-electron chi connectivity index (χ3n) is 7.79. The lowest BCUT2D eigenvalue weighted by Crippen LogP contribution is -2.47. The largest absolute Gasteiger partial charge is 0.517 e. The van der Waals surface area contributed by atoms with Gasteiger partial charge in [-0.2, -0.15) is 0 Å². The Morgan fingerprint density at radius 2 is 1.51 bits per heavy atom. The van der Waals surface area contributed by atoms with Crippen LogP contribution in [0.15, 0.2) is 60.7 Å². The van der Waals surface area contributed by atoms with Crippen LogP contribution in [0.4, 0.5) is 4.79 Å². The summed E-state index contributed by atoms with van der Waals surface area (Å²) in [6.07, 6.45) is 3.68. The lowest BCUT2D eigenvalue weighted by molar-refractivity contribution is -0.156. The molecule has 2 atom stereocenters. The molecule has 1 heterocycles. The first-order chi connectivity index (χ1) is 19.8. The molecule has 7 nitrogen and oxygen atoms in total. The van der Waals surface area contributed by atoms with Crippen molar-refractivity contribution in [3.8, 4) is 0 Å². The second kappa shape index (κ2) is 14.8. The van der Waals surface area contributed by atoms with E-state index in [0.29, 0.717) is 6.54 Å². The summed E-state index contributed by atoms with van der Waals surface area (Å²) in [6, 6.07) is 21.4. The standard InChI is InChI=1S/C34H41NO6/c1-24-16-17-26(22-25(24)2)12-7-5-11-21-39-30(31-33(37)41-34(38)40-31)32(36)35(3)20-10-4-6-13-27-18-19-28-14-8-9-15-29(28)23-27/h8-9,14-19,22-23,30-31H,4-7,10-13,20-21H2,1-3H3/t30-,31-/m1/s1. The van der Waals surface area contributed by atoms with Crippen LogP contribution in [-0.2, 0) is 36.6 Å². The molecular formula is C34H41NO6. The topological polar surface area (TPSA) is 82.1 Å². The Kier molecular flexibility index (Phi) is 10.9. The van der Waals surface area contributed by atoms with E-state index in [-0.39, 0.29) is 12.5 Å². The van der Waals surface area contributed by atoms with Crippen molar-refractivity contribution in [1.29, 1.82) is 0 Å². The summed E-state index contributed by atoms with van der Waals surface area (Å²) in [5, 5.41) is 2.48. The predicted octanol–water partition coefficient (Wildman–Crippen LogP) is 6.49. The van der Waals surface area contributed by atoms with Gasteiger partial charge in [-0.05, 0) is 85.4 Å². The van der Waals surface area contributed by atoms with Gasteiger partial charge in [0.2, 0.25) is 6.10 Å². The number of hydrogen-bond donors (Lipinski definition) is 0. The van der Waals surface area contributed by atoms with E-state index in [1.165, 1.54) is 33.0 Å². The average Bonchev–Trinajstić information content (AvgIpc) is 3.30. The monoisotopic (exact) mass is 559 g/mol. The number of likely N-dealkylation sites (N-methyl/N-ethyl adjacent to an activating group) is 1. The molecule has 0 spiro atoms. The third-order valence-corrected chi connectivity index (χ3v) is 7.79. The van der Waals surface area contributed by atoms with Gasteiger partial charge < -0.3 is 19.1 Å². The second-order valence-corrected chi connectivity index (χ2v) is 11.0. The number of unbranched alkanes of at least 4 members (excludes halogenated alkanes) is 4. The highest BCUT2D eigenvalue weighted by Crippen LogP contribution is 2.20. The number of benzene rings is 3. The van der Waals surface area contributed by atoms with Crippen molar-refractivity contribution >= 4 is 28.8 Å². The number of esters is 1. The number of amides is 1. The van der Waals surface area contributed by atoms with Crippen LogP contribution in [0.1, 0.15) is 60.8 Å². The van der Waals surface area contributed by atoms with Gasteiger partial charge in [0.25, 0.3) is 5.91 Å². The van der Waals surface area contributed by atoms with E-state index >= 15 is 0 Å². The highest BCUT2D eigenvalue weighted by Gasteiger charge is 2.46. The number of carbonyl (C=O) groups is 3. The Morgan fingerprint density at radius 1 is 0.829 bits per heavy atom. The zero-order valence-corrected chi connectivity index (χ0v) is 24.4. The molecule has 1 saturated heterocycles. The maximum absolute atomic E-state index is 13.3. The van der Waals surface area contributed by atoms with Crippen LogP contribution in [0.2, 0.25) is 0 Å². The Bertz CT molecular complexity index is 1350. The lowest BCUT2D eigenvalue weighted by Gasteiger charge is -2.25. The molecule has 1 aliphatic rings. The van der Waals surface area contributed by atoms with Crippen molar-refractivity contribution in [3.63, 3.8) is 0 Å². The normalized spacial score (nSPS) is 15.5. The zero-order valence-electron chi connectivity index (χ0n) is 24.4. The number of ether oxygens (including phenoxy) is 3. The predicted molar refractivity (Wildman–Crippen MR) is 159 cm³/mol. The molecule has 0 aromatic heterocycles.